The van der Waals surface area contributed by atoms with Crippen molar-refractivity contribution in [2.45, 2.75) is 38.7 Å². The fraction of sp³-hybridized carbons (Fsp3) is 0.500. The smallest absolute Gasteiger partial charge is 0.505 e. The highest BCUT2D eigenvalue weighted by molar-refractivity contribution is 5.91. The molecular formula is C20H28O8. The minimum Gasteiger partial charge on any atom is -0.505 e. The molecule has 0 unspecified atom stereocenters. The molecule has 156 valence electrons. The third kappa shape index (κ3) is 5.80. The molecule has 0 fully saturated rings. The largest absolute Gasteiger partial charge is 0.514 e. The second-order valence-electron chi connectivity index (χ2n) is 5.86. The van der Waals surface area contributed by atoms with Crippen molar-refractivity contribution in [2.75, 3.05) is 28.4 Å². The highest BCUT2D eigenvalue weighted by Crippen LogP contribution is 2.39. The lowest BCUT2D eigenvalue weighted by molar-refractivity contribution is -0.0188. The number of hydrogen-bond acceptors (Lipinski definition) is 8. The van der Waals surface area contributed by atoms with E-state index in [1.165, 1.54) is 39.7 Å². The van der Waals surface area contributed by atoms with Crippen molar-refractivity contribution >= 4 is 12.1 Å². The second kappa shape index (κ2) is 11.1. The Morgan fingerprint density at radius 3 is 2.00 bits per heavy atom. The van der Waals surface area contributed by atoms with Crippen molar-refractivity contribution in [3.63, 3.8) is 0 Å². The standard InChI is InChI=1S/C20H28O8/c1-7-20(8-2,10-9-11-23-3)28-19(22)27-17-15(24-4)12-14(18(21)26-6)13-16(17)25-5/h9,11-13H,7-8,10H2,1-6H3/b11-9+. The molecule has 0 heterocycles. The normalized spacial score (nSPS) is 11.1. The average molecular weight is 396 g/mol. The van der Waals surface area contributed by atoms with Gasteiger partial charge in [-0.1, -0.05) is 13.8 Å². The third-order valence-electron chi connectivity index (χ3n) is 4.38. The first kappa shape index (κ1) is 23.1. The van der Waals surface area contributed by atoms with E-state index in [9.17, 15) is 9.59 Å². The maximum atomic E-state index is 12.5. The molecule has 1 aromatic rings. The van der Waals surface area contributed by atoms with E-state index in [0.29, 0.717) is 19.3 Å². The van der Waals surface area contributed by atoms with Gasteiger partial charge in [0.2, 0.25) is 5.75 Å². The molecule has 0 atom stereocenters. The van der Waals surface area contributed by atoms with Crippen LogP contribution in [0.4, 0.5) is 4.79 Å². The lowest BCUT2D eigenvalue weighted by Crippen LogP contribution is -2.34. The van der Waals surface area contributed by atoms with E-state index in [1.54, 1.807) is 13.2 Å². The number of carbonyl (C=O) groups is 2. The Morgan fingerprint density at radius 2 is 1.57 bits per heavy atom. The zero-order valence-corrected chi connectivity index (χ0v) is 17.2. The fourth-order valence-corrected chi connectivity index (χ4v) is 2.58. The average Bonchev–Trinajstić information content (AvgIpc) is 2.72. The van der Waals surface area contributed by atoms with E-state index >= 15 is 0 Å². The van der Waals surface area contributed by atoms with E-state index in [4.69, 9.17) is 28.4 Å². The van der Waals surface area contributed by atoms with Gasteiger partial charge < -0.3 is 28.4 Å². The summed E-state index contributed by atoms with van der Waals surface area (Å²) in [6, 6.07) is 2.79. The first-order valence-corrected chi connectivity index (χ1v) is 8.83. The van der Waals surface area contributed by atoms with Gasteiger partial charge in [-0.25, -0.2) is 9.59 Å². The van der Waals surface area contributed by atoms with E-state index < -0.39 is 17.7 Å². The first-order chi connectivity index (χ1) is 13.4. The molecule has 0 aliphatic rings. The summed E-state index contributed by atoms with van der Waals surface area (Å²) >= 11 is 0. The van der Waals surface area contributed by atoms with Crippen LogP contribution in [-0.4, -0.2) is 46.2 Å². The Hall–Kier alpha value is -2.90. The van der Waals surface area contributed by atoms with Gasteiger partial charge in [-0.2, -0.15) is 0 Å². The van der Waals surface area contributed by atoms with Crippen LogP contribution in [0.25, 0.3) is 0 Å². The summed E-state index contributed by atoms with van der Waals surface area (Å²) in [5.41, 5.74) is -0.545. The van der Waals surface area contributed by atoms with Crippen molar-refractivity contribution in [3.8, 4) is 17.2 Å². The summed E-state index contributed by atoms with van der Waals surface area (Å²) < 4.78 is 31.1. The van der Waals surface area contributed by atoms with E-state index in [0.717, 1.165) is 0 Å². The minimum absolute atomic E-state index is 0.0104. The van der Waals surface area contributed by atoms with Gasteiger partial charge in [-0.15, -0.1) is 0 Å². The molecule has 1 rings (SSSR count). The molecule has 28 heavy (non-hydrogen) atoms. The van der Waals surface area contributed by atoms with Gasteiger partial charge in [-0.3, -0.25) is 0 Å². The number of hydrogen-bond donors (Lipinski definition) is 0. The number of benzene rings is 1. The highest BCUT2D eigenvalue weighted by atomic mass is 16.7. The van der Waals surface area contributed by atoms with Crippen LogP contribution in [-0.2, 0) is 14.2 Å². The molecule has 0 saturated heterocycles. The maximum Gasteiger partial charge on any atom is 0.514 e. The lowest BCUT2D eigenvalue weighted by Gasteiger charge is -2.30. The van der Waals surface area contributed by atoms with E-state index in [2.05, 4.69) is 0 Å². The Kier molecular flexibility index (Phi) is 9.14. The molecule has 0 bridgehead atoms. The SMILES string of the molecule is CCC(CC)(C/C=C/OC)OC(=O)Oc1c(OC)cc(C(=O)OC)cc1OC. The number of carbonyl (C=O) groups excluding carboxylic acids is 2. The van der Waals surface area contributed by atoms with Crippen LogP contribution in [0.5, 0.6) is 17.2 Å². The summed E-state index contributed by atoms with van der Waals surface area (Å²) in [5.74, 6) is -0.299. The van der Waals surface area contributed by atoms with Gasteiger partial charge in [0.1, 0.15) is 5.60 Å². The summed E-state index contributed by atoms with van der Waals surface area (Å²) in [4.78, 5) is 24.3. The van der Waals surface area contributed by atoms with Crippen molar-refractivity contribution in [1.82, 2.24) is 0 Å². The zero-order valence-electron chi connectivity index (χ0n) is 17.2. The van der Waals surface area contributed by atoms with Gasteiger partial charge in [0, 0.05) is 6.42 Å². The molecule has 8 heteroatoms. The number of methoxy groups -OCH3 is 4. The van der Waals surface area contributed by atoms with Crippen molar-refractivity contribution in [1.29, 1.82) is 0 Å². The molecule has 0 aliphatic carbocycles. The molecule has 0 N–H and O–H groups in total. The minimum atomic E-state index is -0.906. The Balaban J connectivity index is 3.12. The maximum absolute atomic E-state index is 12.5. The Labute approximate surface area is 165 Å². The summed E-state index contributed by atoms with van der Waals surface area (Å²) in [6.07, 6.45) is 4.05. The highest BCUT2D eigenvalue weighted by Gasteiger charge is 2.32. The van der Waals surface area contributed by atoms with Crippen LogP contribution >= 0.6 is 0 Å². The topological polar surface area (TPSA) is 89.5 Å². The molecule has 0 aliphatic heterocycles. The Bertz CT molecular complexity index is 666. The molecule has 8 nitrogen and oxygen atoms in total. The van der Waals surface area contributed by atoms with Crippen LogP contribution in [0.3, 0.4) is 0 Å². The third-order valence-corrected chi connectivity index (χ3v) is 4.38. The van der Waals surface area contributed by atoms with Crippen LogP contribution in [0.15, 0.2) is 24.5 Å². The number of esters is 1. The second-order valence-corrected chi connectivity index (χ2v) is 5.86. The van der Waals surface area contributed by atoms with Gasteiger partial charge in [0.25, 0.3) is 0 Å². The van der Waals surface area contributed by atoms with Crippen molar-refractivity contribution < 1.29 is 38.0 Å². The monoisotopic (exact) mass is 396 g/mol. The van der Waals surface area contributed by atoms with Gasteiger partial charge in [-0.05, 0) is 31.1 Å². The van der Waals surface area contributed by atoms with E-state index in [-0.39, 0.29) is 22.8 Å². The number of ether oxygens (including phenoxy) is 6. The molecule has 0 amide bonds. The lowest BCUT2D eigenvalue weighted by atomic mass is 9.93. The Morgan fingerprint density at radius 1 is 1.00 bits per heavy atom. The van der Waals surface area contributed by atoms with Crippen LogP contribution in [0.2, 0.25) is 0 Å². The van der Waals surface area contributed by atoms with Crippen LogP contribution in [0, 0.1) is 0 Å². The quantitative estimate of drug-likeness (QED) is 0.331. The van der Waals surface area contributed by atoms with Gasteiger partial charge in [0.15, 0.2) is 11.5 Å². The van der Waals surface area contributed by atoms with Gasteiger partial charge in [0.05, 0.1) is 40.3 Å². The summed E-state index contributed by atoms with van der Waals surface area (Å²) in [5, 5.41) is 0. The predicted molar refractivity (Wildman–Crippen MR) is 102 cm³/mol. The molecule has 0 saturated carbocycles. The molecule has 0 spiro atoms. The molecular weight excluding hydrogens is 368 g/mol. The van der Waals surface area contributed by atoms with Crippen molar-refractivity contribution in [3.05, 3.63) is 30.0 Å². The predicted octanol–water partition coefficient (Wildman–Crippen LogP) is 4.11. The molecule has 1 aromatic carbocycles. The van der Waals surface area contributed by atoms with Gasteiger partial charge >= 0.3 is 12.1 Å². The fourth-order valence-electron chi connectivity index (χ4n) is 2.58. The molecule has 0 aromatic heterocycles. The van der Waals surface area contributed by atoms with Crippen LogP contribution < -0.4 is 14.2 Å². The first-order valence-electron chi connectivity index (χ1n) is 8.83. The zero-order chi connectivity index (χ0) is 21.2. The molecule has 0 radical (unpaired) electrons. The van der Waals surface area contributed by atoms with Crippen LogP contribution in [0.1, 0.15) is 43.5 Å². The summed E-state index contributed by atoms with van der Waals surface area (Å²) in [6.45, 7) is 3.84. The number of rotatable bonds is 10. The summed E-state index contributed by atoms with van der Waals surface area (Å²) in [7, 11) is 5.57. The van der Waals surface area contributed by atoms with E-state index in [1.807, 2.05) is 13.8 Å². The van der Waals surface area contributed by atoms with Crippen molar-refractivity contribution in [2.24, 2.45) is 0 Å².